The number of rotatable bonds is 5. The summed E-state index contributed by atoms with van der Waals surface area (Å²) in [6.07, 6.45) is 8.31. The van der Waals surface area contributed by atoms with Gasteiger partial charge in [-0.05, 0) is 64.2 Å². The van der Waals surface area contributed by atoms with Crippen molar-refractivity contribution in [3.05, 3.63) is 12.3 Å². The third-order valence-electron chi connectivity index (χ3n) is 4.06. The molecule has 0 saturated carbocycles. The minimum Gasteiger partial charge on any atom is -0.306 e. The minimum absolute atomic E-state index is 1.24. The molecule has 0 amide bonds. The number of hydrogen-bond donors (Lipinski definition) is 0. The molecule has 0 unspecified atom stereocenters. The lowest BCUT2D eigenvalue weighted by Crippen LogP contribution is -2.51. The lowest BCUT2D eigenvalue weighted by Gasteiger charge is -2.32. The standard InChI is InChI=1S/C13H26N2Si/c1-3-16(2,12-14-8-4-5-9-14)13-15-10-6-7-11-15/h3H,1,4-13H2,2H3. The van der Waals surface area contributed by atoms with Gasteiger partial charge in [-0.15, -0.1) is 6.58 Å². The molecule has 0 bridgehead atoms. The average molecular weight is 238 g/mol. The molecule has 2 saturated heterocycles. The lowest BCUT2D eigenvalue weighted by atomic mass is 10.4. The first-order valence-electron chi connectivity index (χ1n) is 6.80. The van der Waals surface area contributed by atoms with Crippen LogP contribution in [0.3, 0.4) is 0 Å². The molecule has 2 heterocycles. The van der Waals surface area contributed by atoms with Crippen LogP contribution in [0.15, 0.2) is 12.3 Å². The maximum atomic E-state index is 4.13. The topological polar surface area (TPSA) is 6.48 Å². The van der Waals surface area contributed by atoms with E-state index in [1.54, 1.807) is 0 Å². The molecule has 0 radical (unpaired) electrons. The number of nitrogens with zero attached hydrogens (tertiary/aromatic N) is 2. The highest BCUT2D eigenvalue weighted by Crippen LogP contribution is 2.17. The molecule has 0 atom stereocenters. The normalized spacial score (nSPS) is 24.1. The van der Waals surface area contributed by atoms with E-state index in [1.807, 2.05) is 0 Å². The largest absolute Gasteiger partial charge is 0.306 e. The number of hydrogen-bond acceptors (Lipinski definition) is 2. The van der Waals surface area contributed by atoms with E-state index in [0.29, 0.717) is 0 Å². The number of likely N-dealkylation sites (tertiary alicyclic amines) is 2. The van der Waals surface area contributed by atoms with Gasteiger partial charge in [0.2, 0.25) is 0 Å². The van der Waals surface area contributed by atoms with E-state index < -0.39 is 8.07 Å². The first-order valence-corrected chi connectivity index (χ1v) is 9.79. The Balaban J connectivity index is 1.86. The molecule has 0 aromatic rings. The van der Waals surface area contributed by atoms with E-state index in [9.17, 15) is 0 Å². The zero-order valence-corrected chi connectivity index (χ0v) is 11.7. The molecule has 2 rings (SSSR count). The highest BCUT2D eigenvalue weighted by atomic mass is 28.3. The Bertz CT molecular complexity index is 212. The fourth-order valence-corrected chi connectivity index (χ4v) is 6.12. The molecule has 0 N–H and O–H groups in total. The summed E-state index contributed by atoms with van der Waals surface area (Å²) in [6.45, 7) is 12.0. The van der Waals surface area contributed by atoms with Gasteiger partial charge in [0.1, 0.15) is 8.07 Å². The summed E-state index contributed by atoms with van der Waals surface area (Å²) in [5.41, 5.74) is 2.32. The van der Waals surface area contributed by atoms with Crippen molar-refractivity contribution in [2.45, 2.75) is 32.2 Å². The molecular formula is C13H26N2Si. The fourth-order valence-electron chi connectivity index (χ4n) is 3.08. The van der Waals surface area contributed by atoms with Gasteiger partial charge in [-0.2, -0.15) is 0 Å². The maximum absolute atomic E-state index is 4.13. The molecule has 2 aliphatic rings. The van der Waals surface area contributed by atoms with E-state index in [1.165, 1.54) is 64.2 Å². The summed E-state index contributed by atoms with van der Waals surface area (Å²) in [5, 5.41) is 0. The van der Waals surface area contributed by atoms with Crippen molar-refractivity contribution < 1.29 is 0 Å². The molecule has 0 spiro atoms. The summed E-state index contributed by atoms with van der Waals surface area (Å²) in [4.78, 5) is 5.34. The van der Waals surface area contributed by atoms with Crippen LogP contribution >= 0.6 is 0 Å². The molecular weight excluding hydrogens is 212 g/mol. The van der Waals surface area contributed by atoms with Gasteiger partial charge in [0.25, 0.3) is 0 Å². The molecule has 16 heavy (non-hydrogen) atoms. The highest BCUT2D eigenvalue weighted by Gasteiger charge is 2.30. The van der Waals surface area contributed by atoms with Gasteiger partial charge in [0.05, 0.1) is 0 Å². The zero-order chi connectivity index (χ0) is 11.4. The predicted octanol–water partition coefficient (Wildman–Crippen LogP) is 2.06. The van der Waals surface area contributed by atoms with Crippen LogP contribution in [0.25, 0.3) is 0 Å². The monoisotopic (exact) mass is 238 g/mol. The van der Waals surface area contributed by atoms with Crippen LogP contribution in [0.5, 0.6) is 0 Å². The maximum Gasteiger partial charge on any atom is 0.103 e. The zero-order valence-electron chi connectivity index (χ0n) is 10.7. The molecule has 0 aromatic carbocycles. The Labute approximate surface area is 101 Å². The summed E-state index contributed by atoms with van der Waals surface area (Å²) >= 11 is 0. The second-order valence-electron chi connectivity index (χ2n) is 5.82. The average Bonchev–Trinajstić information content (AvgIpc) is 2.91. The van der Waals surface area contributed by atoms with Gasteiger partial charge in [0, 0.05) is 0 Å². The lowest BCUT2D eigenvalue weighted by molar-refractivity contribution is 0.364. The first kappa shape index (κ1) is 12.3. The summed E-state index contributed by atoms with van der Waals surface area (Å²) < 4.78 is 0. The Morgan fingerprint density at radius 3 is 1.62 bits per heavy atom. The van der Waals surface area contributed by atoms with Crippen LogP contribution < -0.4 is 0 Å². The van der Waals surface area contributed by atoms with E-state index in [-0.39, 0.29) is 0 Å². The quantitative estimate of drug-likeness (QED) is 0.677. The second-order valence-corrected chi connectivity index (χ2v) is 10.2. The first-order chi connectivity index (χ1) is 7.72. The summed E-state index contributed by atoms with van der Waals surface area (Å²) in [5.74, 6) is 0. The molecule has 0 aliphatic carbocycles. The van der Waals surface area contributed by atoms with Gasteiger partial charge in [-0.25, -0.2) is 0 Å². The van der Waals surface area contributed by atoms with Crippen LogP contribution in [-0.2, 0) is 0 Å². The van der Waals surface area contributed by atoms with Gasteiger partial charge in [0.15, 0.2) is 0 Å². The second kappa shape index (κ2) is 5.47. The Hall–Kier alpha value is -0.123. The molecule has 2 aliphatic heterocycles. The van der Waals surface area contributed by atoms with Gasteiger partial charge in [-0.1, -0.05) is 12.2 Å². The van der Waals surface area contributed by atoms with Crippen molar-refractivity contribution in [2.75, 3.05) is 38.5 Å². The van der Waals surface area contributed by atoms with E-state index in [0.717, 1.165) is 0 Å². The third kappa shape index (κ3) is 3.19. The molecule has 2 fully saturated rings. The molecule has 2 nitrogen and oxygen atoms in total. The van der Waals surface area contributed by atoms with Crippen molar-refractivity contribution in [1.29, 1.82) is 0 Å². The summed E-state index contributed by atoms with van der Waals surface area (Å²) in [7, 11) is -1.24. The smallest absolute Gasteiger partial charge is 0.103 e. The van der Waals surface area contributed by atoms with Gasteiger partial charge >= 0.3 is 0 Å². The molecule has 92 valence electrons. The Morgan fingerprint density at radius 2 is 1.31 bits per heavy atom. The van der Waals surface area contributed by atoms with E-state index in [4.69, 9.17) is 0 Å². The minimum atomic E-state index is -1.24. The van der Waals surface area contributed by atoms with Crippen molar-refractivity contribution in [3.8, 4) is 0 Å². The van der Waals surface area contributed by atoms with Crippen molar-refractivity contribution >= 4 is 8.07 Å². The van der Waals surface area contributed by atoms with Gasteiger partial charge < -0.3 is 9.80 Å². The van der Waals surface area contributed by atoms with Crippen LogP contribution in [0.4, 0.5) is 0 Å². The van der Waals surface area contributed by atoms with Crippen LogP contribution in [-0.4, -0.2) is 56.4 Å². The molecule has 0 aromatic heterocycles. The predicted molar refractivity (Wildman–Crippen MR) is 73.2 cm³/mol. The molecule has 3 heteroatoms. The van der Waals surface area contributed by atoms with Crippen molar-refractivity contribution in [2.24, 2.45) is 0 Å². The highest BCUT2D eigenvalue weighted by molar-refractivity contribution is 6.83. The summed E-state index contributed by atoms with van der Waals surface area (Å²) in [6, 6.07) is 0. The van der Waals surface area contributed by atoms with Crippen molar-refractivity contribution in [3.63, 3.8) is 0 Å². The van der Waals surface area contributed by atoms with E-state index >= 15 is 0 Å². The fraction of sp³-hybridized carbons (Fsp3) is 0.846. The third-order valence-corrected chi connectivity index (χ3v) is 7.38. The van der Waals surface area contributed by atoms with Crippen molar-refractivity contribution in [1.82, 2.24) is 9.80 Å². The van der Waals surface area contributed by atoms with Crippen LogP contribution in [0.1, 0.15) is 25.7 Å². The SMILES string of the molecule is C=C[Si](C)(CN1CCCC1)CN1CCCC1. The van der Waals surface area contributed by atoms with Gasteiger partial charge in [-0.3, -0.25) is 0 Å². The van der Waals surface area contributed by atoms with E-state index in [2.05, 4.69) is 28.6 Å². The van der Waals surface area contributed by atoms with Crippen LogP contribution in [0.2, 0.25) is 6.55 Å². The van der Waals surface area contributed by atoms with Crippen LogP contribution in [0, 0.1) is 0 Å². The Kier molecular flexibility index (Phi) is 4.22. The Morgan fingerprint density at radius 1 is 0.938 bits per heavy atom.